The number of amides is 1. The Morgan fingerprint density at radius 2 is 1.82 bits per heavy atom. The lowest BCUT2D eigenvalue weighted by molar-refractivity contribution is -0.132. The minimum Gasteiger partial charge on any atom is -0.497 e. The number of aryl methyl sites for hydroxylation is 1. The number of aromatic nitrogens is 1. The van der Waals surface area contributed by atoms with Crippen molar-refractivity contribution in [1.29, 1.82) is 0 Å². The van der Waals surface area contributed by atoms with E-state index in [1.54, 1.807) is 19.2 Å². The highest BCUT2D eigenvalue weighted by Gasteiger charge is 2.30. The summed E-state index contributed by atoms with van der Waals surface area (Å²) >= 11 is 0. The first-order valence-corrected chi connectivity index (χ1v) is 11.4. The maximum absolute atomic E-state index is 13.5. The summed E-state index contributed by atoms with van der Waals surface area (Å²) in [7, 11) is 1.66. The zero-order chi connectivity index (χ0) is 22.8. The van der Waals surface area contributed by atoms with Crippen LogP contribution in [0.25, 0.3) is 22.2 Å². The molecular formula is C28H27FN2O2. The maximum Gasteiger partial charge on any atom is 0.223 e. The lowest BCUT2D eigenvalue weighted by Gasteiger charge is -2.25. The van der Waals surface area contributed by atoms with E-state index in [1.807, 2.05) is 35.2 Å². The van der Waals surface area contributed by atoms with Crippen molar-refractivity contribution in [3.63, 3.8) is 0 Å². The number of carbonyl (C=O) groups is 1. The Balaban J connectivity index is 1.38. The Labute approximate surface area is 193 Å². The van der Waals surface area contributed by atoms with Crippen molar-refractivity contribution in [1.82, 2.24) is 9.88 Å². The van der Waals surface area contributed by atoms with Crippen LogP contribution < -0.4 is 4.74 Å². The number of likely N-dealkylation sites (tertiary alicyclic amines) is 1. The molecule has 2 heterocycles. The summed E-state index contributed by atoms with van der Waals surface area (Å²) in [5.41, 5.74) is 5.16. The van der Waals surface area contributed by atoms with Crippen LogP contribution in [0, 0.1) is 5.82 Å². The van der Waals surface area contributed by atoms with Crippen molar-refractivity contribution >= 4 is 16.8 Å². The lowest BCUT2D eigenvalue weighted by Crippen LogP contribution is -2.30. The molecule has 0 spiro atoms. The summed E-state index contributed by atoms with van der Waals surface area (Å²) < 4.78 is 18.8. The van der Waals surface area contributed by atoms with E-state index in [0.29, 0.717) is 12.8 Å². The van der Waals surface area contributed by atoms with Gasteiger partial charge in [0.25, 0.3) is 0 Å². The van der Waals surface area contributed by atoms with E-state index in [1.165, 1.54) is 12.1 Å². The minimum absolute atomic E-state index is 0.114. The van der Waals surface area contributed by atoms with Gasteiger partial charge < -0.3 is 14.6 Å². The van der Waals surface area contributed by atoms with E-state index in [4.69, 9.17) is 4.74 Å². The van der Waals surface area contributed by atoms with Crippen molar-refractivity contribution < 1.29 is 13.9 Å². The molecule has 1 aliphatic heterocycles. The summed E-state index contributed by atoms with van der Waals surface area (Å²) in [4.78, 5) is 18.8. The highest BCUT2D eigenvalue weighted by Crippen LogP contribution is 2.35. The molecule has 1 fully saturated rings. The number of nitrogens with zero attached hydrogens (tertiary/aromatic N) is 1. The van der Waals surface area contributed by atoms with Gasteiger partial charge in [0.2, 0.25) is 5.91 Å². The van der Waals surface area contributed by atoms with Gasteiger partial charge in [-0.3, -0.25) is 4.79 Å². The molecule has 0 bridgehead atoms. The summed E-state index contributed by atoms with van der Waals surface area (Å²) in [6, 6.07) is 22.8. The van der Waals surface area contributed by atoms with Crippen LogP contribution in [0.5, 0.6) is 5.75 Å². The molecule has 1 atom stereocenters. The molecule has 0 radical (unpaired) electrons. The molecule has 1 unspecified atom stereocenters. The molecule has 1 aliphatic rings. The Morgan fingerprint density at radius 3 is 2.58 bits per heavy atom. The first-order valence-electron chi connectivity index (χ1n) is 11.4. The molecular weight excluding hydrogens is 415 g/mol. The van der Waals surface area contributed by atoms with Crippen LogP contribution in [0.3, 0.4) is 0 Å². The van der Waals surface area contributed by atoms with Crippen molar-refractivity contribution in [3.05, 3.63) is 89.7 Å². The van der Waals surface area contributed by atoms with Crippen LogP contribution in [-0.2, 0) is 11.2 Å². The standard InChI is InChI=1S/C28H27FN2O2/c1-33-22-14-10-19(11-15-22)26-7-4-18-31(26)27(32)17-16-24-23-5-2-3-6-25(23)30-28(24)20-8-12-21(29)13-9-20/h2-3,5-6,8-15,26,30H,4,7,16-18H2,1H3. The number of benzene rings is 3. The van der Waals surface area contributed by atoms with Crippen LogP contribution in [-0.4, -0.2) is 29.4 Å². The van der Waals surface area contributed by atoms with Crippen molar-refractivity contribution in [2.75, 3.05) is 13.7 Å². The van der Waals surface area contributed by atoms with Crippen molar-refractivity contribution in [3.8, 4) is 17.0 Å². The van der Waals surface area contributed by atoms with E-state index >= 15 is 0 Å². The molecule has 1 amide bonds. The van der Waals surface area contributed by atoms with Gasteiger partial charge in [-0.15, -0.1) is 0 Å². The summed E-state index contributed by atoms with van der Waals surface area (Å²) in [6.45, 7) is 0.786. The Morgan fingerprint density at radius 1 is 1.06 bits per heavy atom. The van der Waals surface area contributed by atoms with Gasteiger partial charge in [0.05, 0.1) is 13.2 Å². The number of fused-ring (bicyclic) bond motifs is 1. The molecule has 5 rings (SSSR count). The second-order valence-corrected chi connectivity index (χ2v) is 8.55. The van der Waals surface area contributed by atoms with E-state index in [0.717, 1.165) is 58.4 Å². The molecule has 0 saturated carbocycles. The van der Waals surface area contributed by atoms with Gasteiger partial charge in [0.15, 0.2) is 0 Å². The zero-order valence-electron chi connectivity index (χ0n) is 18.7. The van der Waals surface area contributed by atoms with Crippen LogP contribution >= 0.6 is 0 Å². The average Bonchev–Trinajstić information content (AvgIpc) is 3.48. The number of halogens is 1. The van der Waals surface area contributed by atoms with Gasteiger partial charge in [-0.1, -0.05) is 30.3 Å². The van der Waals surface area contributed by atoms with Gasteiger partial charge in [0.1, 0.15) is 11.6 Å². The predicted octanol–water partition coefficient (Wildman–Crippen LogP) is 6.28. The molecule has 1 saturated heterocycles. The first kappa shape index (κ1) is 21.3. The van der Waals surface area contributed by atoms with Crippen LogP contribution in [0.4, 0.5) is 4.39 Å². The third kappa shape index (κ3) is 4.23. The number of hydrogen-bond acceptors (Lipinski definition) is 2. The first-order chi connectivity index (χ1) is 16.1. The van der Waals surface area contributed by atoms with Crippen LogP contribution in [0.2, 0.25) is 0 Å². The molecule has 168 valence electrons. The summed E-state index contributed by atoms with van der Waals surface area (Å²) in [5.74, 6) is 0.733. The number of aromatic amines is 1. The fourth-order valence-electron chi connectivity index (χ4n) is 4.94. The predicted molar refractivity (Wildman–Crippen MR) is 129 cm³/mol. The third-order valence-electron chi connectivity index (χ3n) is 6.61. The fraction of sp³-hybridized carbons (Fsp3) is 0.250. The molecule has 4 aromatic rings. The van der Waals surface area contributed by atoms with E-state index in [2.05, 4.69) is 23.2 Å². The molecule has 0 aliphatic carbocycles. The Hall–Kier alpha value is -3.60. The fourth-order valence-corrected chi connectivity index (χ4v) is 4.94. The molecule has 33 heavy (non-hydrogen) atoms. The SMILES string of the molecule is COc1ccc(C2CCCN2C(=O)CCc2c(-c3ccc(F)cc3)[nH]c3ccccc23)cc1. The zero-order valence-corrected chi connectivity index (χ0v) is 18.7. The molecule has 1 aromatic heterocycles. The van der Waals surface area contributed by atoms with Crippen LogP contribution in [0.1, 0.15) is 36.4 Å². The van der Waals surface area contributed by atoms with Gasteiger partial charge in [-0.25, -0.2) is 4.39 Å². The molecule has 4 nitrogen and oxygen atoms in total. The number of hydrogen-bond donors (Lipinski definition) is 1. The van der Waals surface area contributed by atoms with Crippen molar-refractivity contribution in [2.45, 2.75) is 31.7 Å². The topological polar surface area (TPSA) is 45.3 Å². The smallest absolute Gasteiger partial charge is 0.223 e. The number of rotatable bonds is 6. The Bertz CT molecular complexity index is 1260. The quantitative estimate of drug-likeness (QED) is 0.382. The average molecular weight is 443 g/mol. The maximum atomic E-state index is 13.5. The van der Waals surface area contributed by atoms with E-state index in [9.17, 15) is 9.18 Å². The normalized spacial score (nSPS) is 15.8. The van der Waals surface area contributed by atoms with Crippen LogP contribution in [0.15, 0.2) is 72.8 Å². The van der Waals surface area contributed by atoms with Gasteiger partial charge in [-0.05, 0) is 78.4 Å². The second kappa shape index (κ2) is 9.10. The molecule has 3 aromatic carbocycles. The largest absolute Gasteiger partial charge is 0.497 e. The van der Waals surface area contributed by atoms with Gasteiger partial charge in [0, 0.05) is 29.6 Å². The number of H-pyrrole nitrogens is 1. The number of nitrogens with one attached hydrogen (secondary N) is 1. The summed E-state index contributed by atoms with van der Waals surface area (Å²) in [5, 5.41) is 1.11. The lowest BCUT2D eigenvalue weighted by atomic mass is 10.00. The highest BCUT2D eigenvalue weighted by molar-refractivity contribution is 5.91. The molecule has 1 N–H and O–H groups in total. The number of carbonyl (C=O) groups excluding carboxylic acids is 1. The second-order valence-electron chi connectivity index (χ2n) is 8.55. The van der Waals surface area contributed by atoms with Gasteiger partial charge >= 0.3 is 0 Å². The number of methoxy groups -OCH3 is 1. The minimum atomic E-state index is -0.259. The van der Waals surface area contributed by atoms with Crippen molar-refractivity contribution in [2.24, 2.45) is 0 Å². The molecule has 5 heteroatoms. The van der Waals surface area contributed by atoms with E-state index in [-0.39, 0.29) is 17.8 Å². The highest BCUT2D eigenvalue weighted by atomic mass is 19.1. The monoisotopic (exact) mass is 442 g/mol. The van der Waals surface area contributed by atoms with E-state index < -0.39 is 0 Å². The Kier molecular flexibility index (Phi) is 5.86. The third-order valence-corrected chi connectivity index (χ3v) is 6.61. The summed E-state index contributed by atoms with van der Waals surface area (Å²) in [6.07, 6.45) is 3.05. The van der Waals surface area contributed by atoms with Gasteiger partial charge in [-0.2, -0.15) is 0 Å². The number of ether oxygens (including phenoxy) is 1. The number of para-hydroxylation sites is 1.